The highest BCUT2D eigenvalue weighted by Crippen LogP contribution is 2.35. The van der Waals surface area contributed by atoms with Crippen LogP contribution in [0.2, 0.25) is 0 Å². The lowest BCUT2D eigenvalue weighted by atomic mass is 9.90. The first-order valence-corrected chi connectivity index (χ1v) is 6.82. The molecular formula is C14H18N4O2. The Morgan fingerprint density at radius 1 is 1.40 bits per heavy atom. The maximum atomic E-state index is 11.8. The summed E-state index contributed by atoms with van der Waals surface area (Å²) in [6.07, 6.45) is 1.84. The molecule has 20 heavy (non-hydrogen) atoms. The predicted octanol–water partition coefficient (Wildman–Crippen LogP) is 0.0825. The number of carbonyl (C=O) groups is 2. The van der Waals surface area contributed by atoms with Crippen LogP contribution in [-0.2, 0) is 4.79 Å². The van der Waals surface area contributed by atoms with Crippen molar-refractivity contribution in [1.29, 1.82) is 0 Å². The van der Waals surface area contributed by atoms with Crippen LogP contribution in [0.25, 0.3) is 0 Å². The molecule has 0 aromatic heterocycles. The van der Waals surface area contributed by atoms with Crippen LogP contribution in [0.15, 0.2) is 18.2 Å². The van der Waals surface area contributed by atoms with Gasteiger partial charge in [0.25, 0.3) is 5.91 Å². The highest BCUT2D eigenvalue weighted by molar-refractivity contribution is 6.01. The Morgan fingerprint density at radius 2 is 2.20 bits per heavy atom. The lowest BCUT2D eigenvalue weighted by Gasteiger charge is -2.38. The first-order valence-electron chi connectivity index (χ1n) is 6.82. The Labute approximate surface area is 117 Å². The van der Waals surface area contributed by atoms with E-state index in [9.17, 15) is 9.59 Å². The lowest BCUT2D eigenvalue weighted by Crippen LogP contribution is -2.46. The van der Waals surface area contributed by atoms with Gasteiger partial charge < -0.3 is 21.7 Å². The number of nitrogens with zero attached hydrogens (tertiary/aromatic N) is 1. The van der Waals surface area contributed by atoms with Gasteiger partial charge >= 0.3 is 0 Å². The number of piperidine rings is 1. The molecule has 6 heteroatoms. The first-order chi connectivity index (χ1) is 9.59. The maximum absolute atomic E-state index is 11.8. The van der Waals surface area contributed by atoms with E-state index in [1.807, 2.05) is 6.07 Å². The fourth-order valence-corrected chi connectivity index (χ4v) is 3.27. The highest BCUT2D eigenvalue weighted by atomic mass is 16.2. The van der Waals surface area contributed by atoms with Gasteiger partial charge in [-0.25, -0.2) is 0 Å². The Kier molecular flexibility index (Phi) is 3.00. The van der Waals surface area contributed by atoms with Crippen LogP contribution >= 0.6 is 0 Å². The van der Waals surface area contributed by atoms with Gasteiger partial charge in [-0.15, -0.1) is 0 Å². The largest absolute Gasteiger partial charge is 0.396 e. The molecule has 0 radical (unpaired) electrons. The topological polar surface area (TPSA) is 101 Å². The van der Waals surface area contributed by atoms with Gasteiger partial charge in [-0.2, -0.15) is 0 Å². The van der Waals surface area contributed by atoms with Crippen LogP contribution in [-0.4, -0.2) is 30.9 Å². The zero-order chi connectivity index (χ0) is 14.3. The minimum atomic E-state index is -0.529. The van der Waals surface area contributed by atoms with E-state index >= 15 is 0 Å². The quantitative estimate of drug-likeness (QED) is 0.665. The molecule has 2 unspecified atom stereocenters. The molecule has 106 valence electrons. The third-order valence-electron chi connectivity index (χ3n) is 4.26. The van der Waals surface area contributed by atoms with Gasteiger partial charge in [0, 0.05) is 13.1 Å². The molecule has 0 saturated carbocycles. The third kappa shape index (κ3) is 1.88. The summed E-state index contributed by atoms with van der Waals surface area (Å²) in [7, 11) is 0. The Balaban J connectivity index is 1.98. The molecule has 2 fully saturated rings. The molecule has 0 aliphatic carbocycles. The van der Waals surface area contributed by atoms with E-state index in [-0.39, 0.29) is 17.9 Å². The summed E-state index contributed by atoms with van der Waals surface area (Å²) >= 11 is 0. The van der Waals surface area contributed by atoms with Crippen molar-refractivity contribution in [2.45, 2.75) is 18.9 Å². The summed E-state index contributed by atoms with van der Waals surface area (Å²) in [5.74, 6) is -0.400. The van der Waals surface area contributed by atoms with Crippen molar-refractivity contribution < 1.29 is 9.59 Å². The van der Waals surface area contributed by atoms with Crippen LogP contribution < -0.4 is 21.7 Å². The number of nitrogens with two attached hydrogens (primary N) is 2. The molecule has 0 bridgehead atoms. The average molecular weight is 274 g/mol. The fraction of sp³-hybridized carbons (Fsp3) is 0.429. The van der Waals surface area contributed by atoms with Crippen molar-refractivity contribution in [3.05, 3.63) is 23.8 Å². The van der Waals surface area contributed by atoms with Crippen molar-refractivity contribution >= 4 is 23.2 Å². The zero-order valence-electron chi connectivity index (χ0n) is 11.1. The number of fused-ring (bicyclic) bond motifs is 1. The third-order valence-corrected chi connectivity index (χ3v) is 4.26. The van der Waals surface area contributed by atoms with E-state index in [1.165, 1.54) is 0 Å². The number of carbonyl (C=O) groups excluding carboxylic acids is 2. The normalized spacial score (nSPS) is 25.2. The molecule has 0 spiro atoms. The number of para-hydroxylation sites is 1. The van der Waals surface area contributed by atoms with Crippen molar-refractivity contribution in [3.63, 3.8) is 0 Å². The van der Waals surface area contributed by atoms with Crippen molar-refractivity contribution in [2.75, 3.05) is 23.7 Å². The van der Waals surface area contributed by atoms with Gasteiger partial charge in [0.1, 0.15) is 0 Å². The van der Waals surface area contributed by atoms with Gasteiger partial charge in [-0.1, -0.05) is 6.07 Å². The number of nitrogen functional groups attached to an aromatic ring is 1. The molecule has 2 heterocycles. The molecule has 2 atom stereocenters. The Hall–Kier alpha value is -2.24. The van der Waals surface area contributed by atoms with Crippen LogP contribution in [0.1, 0.15) is 23.2 Å². The number of anilines is 2. The van der Waals surface area contributed by atoms with Crippen LogP contribution in [0.4, 0.5) is 11.4 Å². The van der Waals surface area contributed by atoms with E-state index in [2.05, 4.69) is 10.2 Å². The van der Waals surface area contributed by atoms with Gasteiger partial charge in [0.15, 0.2) is 0 Å². The molecule has 2 amide bonds. The molecule has 2 aliphatic rings. The second-order valence-corrected chi connectivity index (χ2v) is 5.36. The summed E-state index contributed by atoms with van der Waals surface area (Å²) < 4.78 is 0. The molecule has 3 rings (SSSR count). The molecule has 6 nitrogen and oxygen atoms in total. The predicted molar refractivity (Wildman–Crippen MR) is 76.2 cm³/mol. The summed E-state index contributed by atoms with van der Waals surface area (Å²) in [6.45, 7) is 1.46. The summed E-state index contributed by atoms with van der Waals surface area (Å²) in [5.41, 5.74) is 13.0. The van der Waals surface area contributed by atoms with E-state index in [1.54, 1.807) is 12.1 Å². The van der Waals surface area contributed by atoms with Crippen molar-refractivity contribution in [2.24, 2.45) is 11.7 Å². The molecule has 1 aromatic rings. The van der Waals surface area contributed by atoms with E-state index < -0.39 is 5.91 Å². The summed E-state index contributed by atoms with van der Waals surface area (Å²) in [5, 5.41) is 2.91. The van der Waals surface area contributed by atoms with E-state index in [0.717, 1.165) is 25.1 Å². The highest BCUT2D eigenvalue weighted by Gasteiger charge is 2.41. The first kappa shape index (κ1) is 12.8. The molecular weight excluding hydrogens is 256 g/mol. The number of hydrogen-bond acceptors (Lipinski definition) is 4. The molecule has 2 aliphatic heterocycles. The van der Waals surface area contributed by atoms with Crippen LogP contribution in [0.5, 0.6) is 0 Å². The number of nitrogens with one attached hydrogen (secondary N) is 1. The van der Waals surface area contributed by atoms with Gasteiger partial charge in [-0.05, 0) is 25.0 Å². The van der Waals surface area contributed by atoms with E-state index in [4.69, 9.17) is 11.5 Å². The monoisotopic (exact) mass is 274 g/mol. The average Bonchev–Trinajstić information content (AvgIpc) is 2.81. The van der Waals surface area contributed by atoms with Crippen molar-refractivity contribution in [3.8, 4) is 0 Å². The number of benzene rings is 1. The summed E-state index contributed by atoms with van der Waals surface area (Å²) in [6, 6.07) is 5.40. The second kappa shape index (κ2) is 4.70. The number of primary amides is 1. The van der Waals surface area contributed by atoms with Gasteiger partial charge in [-0.3, -0.25) is 9.59 Å². The van der Waals surface area contributed by atoms with Gasteiger partial charge in [0.2, 0.25) is 5.91 Å². The maximum Gasteiger partial charge on any atom is 0.250 e. The van der Waals surface area contributed by atoms with E-state index in [0.29, 0.717) is 17.8 Å². The lowest BCUT2D eigenvalue weighted by molar-refractivity contribution is -0.123. The number of rotatable bonds is 2. The van der Waals surface area contributed by atoms with Gasteiger partial charge in [0.05, 0.1) is 28.9 Å². The Morgan fingerprint density at radius 3 is 2.95 bits per heavy atom. The standard InChI is InChI=1S/C14H18N4O2/c15-12-9(13(16)19)3-1-5-10(12)18-6-2-4-8-11(18)7-17-14(8)20/h1,3,5,8,11H,2,4,6-7,15H2,(H2,16,19)(H,17,20). The van der Waals surface area contributed by atoms with Crippen molar-refractivity contribution in [1.82, 2.24) is 5.32 Å². The molecule has 5 N–H and O–H groups in total. The molecule has 1 aromatic carbocycles. The SMILES string of the molecule is NC(=O)c1cccc(N2CCCC3C(=O)NCC32)c1N. The molecule has 2 saturated heterocycles. The minimum absolute atomic E-state index is 0.0142. The summed E-state index contributed by atoms with van der Waals surface area (Å²) in [4.78, 5) is 25.3. The smallest absolute Gasteiger partial charge is 0.250 e. The number of hydrogen-bond donors (Lipinski definition) is 3. The number of amides is 2. The minimum Gasteiger partial charge on any atom is -0.396 e. The second-order valence-electron chi connectivity index (χ2n) is 5.36. The zero-order valence-corrected chi connectivity index (χ0v) is 11.1. The van der Waals surface area contributed by atoms with Crippen LogP contribution in [0, 0.1) is 5.92 Å². The van der Waals surface area contributed by atoms with Crippen LogP contribution in [0.3, 0.4) is 0 Å². The Bertz CT molecular complexity index is 572. The fourth-order valence-electron chi connectivity index (χ4n) is 3.27.